The van der Waals surface area contributed by atoms with Crippen LogP contribution in [0.3, 0.4) is 0 Å². The molecular formula is C31H48ClN9O8S. The molecule has 0 bridgehead atoms. The van der Waals surface area contributed by atoms with Crippen molar-refractivity contribution in [3.05, 3.63) is 35.9 Å². The van der Waals surface area contributed by atoms with Gasteiger partial charge in [0.05, 0.1) is 13.0 Å². The van der Waals surface area contributed by atoms with Gasteiger partial charge in [0.15, 0.2) is 0 Å². The van der Waals surface area contributed by atoms with Crippen molar-refractivity contribution in [3.63, 3.8) is 0 Å². The third kappa shape index (κ3) is 17.3. The molecule has 19 heteroatoms. The molecule has 17 nitrogen and oxygen atoms in total. The number of hydrogen-bond donors (Lipinski definition) is 9. The molecule has 0 saturated heterocycles. The number of benzene rings is 1. The van der Waals surface area contributed by atoms with Gasteiger partial charge in [0.1, 0.15) is 36.1 Å². The van der Waals surface area contributed by atoms with Crippen molar-refractivity contribution < 1.29 is 38.4 Å². The van der Waals surface area contributed by atoms with Crippen LogP contribution in [0, 0.1) is 0 Å². The van der Waals surface area contributed by atoms with E-state index in [1.807, 2.05) is 0 Å². The number of amides is 8. The van der Waals surface area contributed by atoms with Crippen LogP contribution in [0.25, 0.3) is 0 Å². The van der Waals surface area contributed by atoms with Gasteiger partial charge < -0.3 is 49.1 Å². The molecule has 8 amide bonds. The average Bonchev–Trinajstić information content (AvgIpc) is 3.07. The molecule has 0 unspecified atom stereocenters. The van der Waals surface area contributed by atoms with Crippen LogP contribution in [0.5, 0.6) is 0 Å². The van der Waals surface area contributed by atoms with Crippen LogP contribution in [0.15, 0.2) is 30.3 Å². The largest absolute Gasteiger partial charge is 0.370 e. The highest BCUT2D eigenvalue weighted by Gasteiger charge is 2.31. The number of primary amides is 2. The second kappa shape index (κ2) is 23.9. The zero-order chi connectivity index (χ0) is 37.6. The van der Waals surface area contributed by atoms with E-state index < -0.39 is 96.3 Å². The molecule has 278 valence electrons. The van der Waals surface area contributed by atoms with E-state index in [0.29, 0.717) is 25.1 Å². The molecule has 1 aromatic carbocycles. The highest BCUT2D eigenvalue weighted by Crippen LogP contribution is 2.07. The summed E-state index contributed by atoms with van der Waals surface area (Å²) in [7, 11) is 0. The summed E-state index contributed by atoms with van der Waals surface area (Å²) in [5.74, 6) is -6.11. The van der Waals surface area contributed by atoms with Crippen LogP contribution >= 0.6 is 23.4 Å². The minimum Gasteiger partial charge on any atom is -0.370 e. The summed E-state index contributed by atoms with van der Waals surface area (Å²) < 4.78 is 0. The van der Waals surface area contributed by atoms with Gasteiger partial charge in [-0.1, -0.05) is 30.3 Å². The van der Waals surface area contributed by atoms with Gasteiger partial charge >= 0.3 is 0 Å². The Morgan fingerprint density at radius 2 is 1.32 bits per heavy atom. The predicted octanol–water partition coefficient (Wildman–Crippen LogP) is -2.73. The minimum atomic E-state index is -1.39. The fourth-order valence-electron chi connectivity index (χ4n) is 4.47. The zero-order valence-electron chi connectivity index (χ0n) is 28.1. The number of alkyl halides is 1. The maximum Gasteiger partial charge on any atom is 0.243 e. The first-order valence-corrected chi connectivity index (χ1v) is 17.8. The second-order valence-corrected chi connectivity index (χ2v) is 12.5. The monoisotopic (exact) mass is 741 g/mol. The molecule has 0 aliphatic rings. The Bertz CT molecular complexity index is 1320. The van der Waals surface area contributed by atoms with Crippen LogP contribution in [0.4, 0.5) is 0 Å². The number of nitrogens with two attached hydrogens (primary N) is 3. The normalized spacial score (nSPS) is 13.7. The van der Waals surface area contributed by atoms with E-state index in [1.54, 1.807) is 36.6 Å². The van der Waals surface area contributed by atoms with Crippen molar-refractivity contribution in [3.8, 4) is 0 Å². The van der Waals surface area contributed by atoms with E-state index in [2.05, 4.69) is 31.9 Å². The zero-order valence-corrected chi connectivity index (χ0v) is 29.7. The standard InChI is InChI=1S/C31H48ClN9O8S/c1-18(28(46)36-17-26(44)38-22(27(35)45)14-19-8-4-3-5-9-19)37-29(47)20(10-6-7-12-33)40-30(48)21(11-13-50-2)41-31(49)23(15-24(34)42)39-25(43)16-32/h3-5,8-9,18,20-23H,6-7,10-17,33H2,1-2H3,(H2,34,42)(H2,35,45)(H,36,46)(H,37,47)(H,38,44)(H,39,43)(H,40,48)(H,41,49)/t18-,20-,21-,22+,23-/m0/s1. The molecule has 12 N–H and O–H groups in total. The Kier molecular flexibility index (Phi) is 20.8. The maximum atomic E-state index is 13.4. The van der Waals surface area contributed by atoms with Gasteiger partial charge in [-0.25, -0.2) is 0 Å². The molecule has 0 spiro atoms. The number of carbonyl (C=O) groups excluding carboxylic acids is 8. The Morgan fingerprint density at radius 3 is 1.88 bits per heavy atom. The van der Waals surface area contributed by atoms with Crippen LogP contribution in [-0.4, -0.2) is 108 Å². The van der Waals surface area contributed by atoms with Crippen molar-refractivity contribution in [2.75, 3.05) is 31.0 Å². The molecule has 0 radical (unpaired) electrons. The van der Waals surface area contributed by atoms with E-state index in [0.717, 1.165) is 5.56 Å². The maximum absolute atomic E-state index is 13.4. The van der Waals surface area contributed by atoms with E-state index in [-0.39, 0.29) is 19.3 Å². The molecule has 0 aliphatic carbocycles. The van der Waals surface area contributed by atoms with Gasteiger partial charge in [0, 0.05) is 6.42 Å². The molecule has 0 fully saturated rings. The summed E-state index contributed by atoms with van der Waals surface area (Å²) in [5.41, 5.74) is 17.0. The number of thioether (sulfide) groups is 1. The van der Waals surface area contributed by atoms with E-state index >= 15 is 0 Å². The van der Waals surface area contributed by atoms with Crippen LogP contribution in [-0.2, 0) is 44.8 Å². The fraction of sp³-hybridized carbons (Fsp3) is 0.548. The highest BCUT2D eigenvalue weighted by atomic mass is 35.5. The number of hydrogen-bond acceptors (Lipinski definition) is 10. The summed E-state index contributed by atoms with van der Waals surface area (Å²) >= 11 is 6.90. The first-order chi connectivity index (χ1) is 23.7. The molecule has 0 saturated carbocycles. The molecule has 50 heavy (non-hydrogen) atoms. The first kappa shape index (κ1) is 43.6. The van der Waals surface area contributed by atoms with E-state index in [9.17, 15) is 38.4 Å². The number of halogens is 1. The third-order valence-corrected chi connectivity index (χ3v) is 8.03. The second-order valence-electron chi connectivity index (χ2n) is 11.3. The lowest BCUT2D eigenvalue weighted by molar-refractivity contribution is -0.135. The predicted molar refractivity (Wildman–Crippen MR) is 188 cm³/mol. The lowest BCUT2D eigenvalue weighted by Crippen LogP contribution is -2.58. The van der Waals surface area contributed by atoms with Gasteiger partial charge in [-0.15, -0.1) is 11.6 Å². The molecule has 1 aromatic rings. The lowest BCUT2D eigenvalue weighted by atomic mass is 10.1. The Labute approximate surface area is 300 Å². The molecule has 0 heterocycles. The first-order valence-electron chi connectivity index (χ1n) is 15.9. The number of nitrogens with one attached hydrogen (secondary N) is 6. The van der Waals surface area contributed by atoms with Crippen molar-refractivity contribution >= 4 is 70.6 Å². The van der Waals surface area contributed by atoms with Crippen molar-refractivity contribution in [1.82, 2.24) is 31.9 Å². The summed E-state index contributed by atoms with van der Waals surface area (Å²) in [6.45, 7) is 1.20. The summed E-state index contributed by atoms with van der Waals surface area (Å²) in [4.78, 5) is 100. The SMILES string of the molecule is CSCC[C@H](NC(=O)[C@H](CC(N)=O)NC(=O)CCl)C(=O)N[C@@H](CCCCN)C(=O)N[C@@H](C)C(=O)NCC(=O)N[C@H](Cc1ccccc1)C(N)=O. The number of unbranched alkanes of at least 4 members (excludes halogenated alkanes) is 1. The molecule has 5 atom stereocenters. The van der Waals surface area contributed by atoms with Crippen molar-refractivity contribution in [2.45, 2.75) is 75.7 Å². The van der Waals surface area contributed by atoms with Gasteiger partial charge in [-0.05, 0) is 56.7 Å². The highest BCUT2D eigenvalue weighted by molar-refractivity contribution is 7.98. The molecule has 1 rings (SSSR count). The van der Waals surface area contributed by atoms with Crippen molar-refractivity contribution in [2.24, 2.45) is 17.2 Å². The van der Waals surface area contributed by atoms with Gasteiger partial charge in [-0.3, -0.25) is 38.4 Å². The van der Waals surface area contributed by atoms with Crippen LogP contribution in [0.2, 0.25) is 0 Å². The third-order valence-electron chi connectivity index (χ3n) is 7.14. The van der Waals surface area contributed by atoms with E-state index in [1.165, 1.54) is 18.7 Å². The van der Waals surface area contributed by atoms with Gasteiger partial charge in [0.25, 0.3) is 0 Å². The minimum absolute atomic E-state index is 0.130. The van der Waals surface area contributed by atoms with Gasteiger partial charge in [-0.2, -0.15) is 11.8 Å². The number of rotatable bonds is 24. The fourth-order valence-corrected chi connectivity index (χ4v) is 5.02. The quantitative estimate of drug-likeness (QED) is 0.0390. The molecular weight excluding hydrogens is 694 g/mol. The van der Waals surface area contributed by atoms with E-state index in [4.69, 9.17) is 28.8 Å². The number of carbonyl (C=O) groups is 8. The summed E-state index contributed by atoms with van der Waals surface area (Å²) in [6, 6.07) is 3.03. The van der Waals surface area contributed by atoms with Crippen molar-refractivity contribution in [1.29, 1.82) is 0 Å². The summed E-state index contributed by atoms with van der Waals surface area (Å²) in [5, 5.41) is 14.8. The van der Waals surface area contributed by atoms with Gasteiger partial charge in [0.2, 0.25) is 47.3 Å². The average molecular weight is 742 g/mol. The Hall–Kier alpha value is -4.42. The van der Waals surface area contributed by atoms with Crippen LogP contribution < -0.4 is 49.1 Å². The Morgan fingerprint density at radius 1 is 0.740 bits per heavy atom. The lowest BCUT2D eigenvalue weighted by Gasteiger charge is -2.26. The summed E-state index contributed by atoms with van der Waals surface area (Å²) in [6.07, 6.45) is 2.63. The molecule has 0 aromatic heterocycles. The van der Waals surface area contributed by atoms with Crippen LogP contribution in [0.1, 0.15) is 44.6 Å². The smallest absolute Gasteiger partial charge is 0.243 e. The Balaban J connectivity index is 2.92. The topological polar surface area (TPSA) is 287 Å². The molecule has 0 aliphatic heterocycles.